The molecule has 1 rings (SSSR count). The van der Waals surface area contributed by atoms with Crippen LogP contribution in [0.1, 0.15) is 66.7 Å². The lowest BCUT2D eigenvalue weighted by molar-refractivity contribution is 0.0707. The molecule has 1 fully saturated rings. The fourth-order valence-corrected chi connectivity index (χ4v) is 3.46. The van der Waals surface area contributed by atoms with Crippen LogP contribution in [0.3, 0.4) is 0 Å². The van der Waals surface area contributed by atoms with Crippen molar-refractivity contribution >= 4 is 0 Å². The average molecular weight is 254 g/mol. The maximum Gasteiger partial charge on any atom is 0.0252 e. The Morgan fingerprint density at radius 1 is 1.17 bits per heavy atom. The normalized spacial score (nSPS) is 29.5. The number of nitrogens with two attached hydrogens (primary N) is 1. The van der Waals surface area contributed by atoms with Crippen LogP contribution in [-0.4, -0.2) is 29.6 Å². The first kappa shape index (κ1) is 16.0. The van der Waals surface area contributed by atoms with Crippen molar-refractivity contribution < 1.29 is 0 Å². The molecule has 0 amide bonds. The van der Waals surface area contributed by atoms with Crippen LogP contribution < -0.4 is 5.73 Å². The quantitative estimate of drug-likeness (QED) is 0.784. The zero-order valence-corrected chi connectivity index (χ0v) is 13.2. The summed E-state index contributed by atoms with van der Waals surface area (Å²) in [5.74, 6) is 1.64. The molecule has 3 atom stereocenters. The molecule has 0 radical (unpaired) electrons. The van der Waals surface area contributed by atoms with Crippen molar-refractivity contribution in [2.45, 2.75) is 84.8 Å². The monoisotopic (exact) mass is 254 g/mol. The molecule has 1 aliphatic carbocycles. The second kappa shape index (κ2) is 7.49. The van der Waals surface area contributed by atoms with E-state index in [0.717, 1.165) is 11.8 Å². The SMILES string of the molecule is CCCC1CCC(N)C(N(CC(C)C)C(C)C)C1. The van der Waals surface area contributed by atoms with Crippen molar-refractivity contribution in [1.29, 1.82) is 0 Å². The molecule has 0 aromatic rings. The maximum atomic E-state index is 6.41. The van der Waals surface area contributed by atoms with Crippen LogP contribution in [0.15, 0.2) is 0 Å². The second-order valence-corrected chi connectivity index (χ2v) is 6.88. The summed E-state index contributed by atoms with van der Waals surface area (Å²) in [5.41, 5.74) is 6.41. The van der Waals surface area contributed by atoms with Crippen LogP contribution in [0.4, 0.5) is 0 Å². The van der Waals surface area contributed by atoms with Gasteiger partial charge in [-0.3, -0.25) is 4.90 Å². The van der Waals surface area contributed by atoms with Crippen molar-refractivity contribution in [3.05, 3.63) is 0 Å². The Kier molecular flexibility index (Phi) is 6.65. The predicted octanol–water partition coefficient (Wildman–Crippen LogP) is 3.65. The van der Waals surface area contributed by atoms with Gasteiger partial charge in [-0.05, 0) is 44.9 Å². The van der Waals surface area contributed by atoms with E-state index in [2.05, 4.69) is 39.5 Å². The third-order valence-corrected chi connectivity index (χ3v) is 4.34. The van der Waals surface area contributed by atoms with E-state index in [1.807, 2.05) is 0 Å². The lowest BCUT2D eigenvalue weighted by Gasteiger charge is -2.44. The highest BCUT2D eigenvalue weighted by molar-refractivity contribution is 4.90. The van der Waals surface area contributed by atoms with Crippen molar-refractivity contribution in [2.24, 2.45) is 17.6 Å². The smallest absolute Gasteiger partial charge is 0.0252 e. The fourth-order valence-electron chi connectivity index (χ4n) is 3.46. The third kappa shape index (κ3) is 4.55. The Morgan fingerprint density at radius 2 is 1.83 bits per heavy atom. The Bertz CT molecular complexity index is 225. The highest BCUT2D eigenvalue weighted by atomic mass is 15.2. The Hall–Kier alpha value is -0.0800. The molecule has 0 heterocycles. The van der Waals surface area contributed by atoms with E-state index in [1.54, 1.807) is 0 Å². The van der Waals surface area contributed by atoms with Gasteiger partial charge in [0.1, 0.15) is 0 Å². The zero-order valence-electron chi connectivity index (χ0n) is 13.2. The highest BCUT2D eigenvalue weighted by Gasteiger charge is 2.33. The Labute approximate surface area is 114 Å². The summed E-state index contributed by atoms with van der Waals surface area (Å²) in [5, 5.41) is 0. The number of hydrogen-bond donors (Lipinski definition) is 1. The minimum Gasteiger partial charge on any atom is -0.326 e. The van der Waals surface area contributed by atoms with Gasteiger partial charge >= 0.3 is 0 Å². The van der Waals surface area contributed by atoms with Crippen molar-refractivity contribution in [1.82, 2.24) is 4.90 Å². The molecule has 2 nitrogen and oxygen atoms in total. The molecule has 0 saturated heterocycles. The molecule has 0 aliphatic heterocycles. The second-order valence-electron chi connectivity index (χ2n) is 6.88. The van der Waals surface area contributed by atoms with Gasteiger partial charge in [0, 0.05) is 24.7 Å². The first-order valence-electron chi connectivity index (χ1n) is 7.97. The number of rotatable bonds is 6. The molecule has 2 N–H and O–H groups in total. The molecule has 18 heavy (non-hydrogen) atoms. The van der Waals surface area contributed by atoms with Crippen molar-refractivity contribution in [3.63, 3.8) is 0 Å². The van der Waals surface area contributed by atoms with Crippen LogP contribution in [0.25, 0.3) is 0 Å². The third-order valence-electron chi connectivity index (χ3n) is 4.34. The van der Waals surface area contributed by atoms with Crippen molar-refractivity contribution in [2.75, 3.05) is 6.54 Å². The maximum absolute atomic E-state index is 6.41. The molecule has 2 heteroatoms. The molecule has 0 aromatic heterocycles. The van der Waals surface area contributed by atoms with E-state index < -0.39 is 0 Å². The highest BCUT2D eigenvalue weighted by Crippen LogP contribution is 2.31. The topological polar surface area (TPSA) is 29.3 Å². The molecular formula is C16H34N2. The largest absolute Gasteiger partial charge is 0.326 e. The standard InChI is InChI=1S/C16H34N2/c1-6-7-14-8-9-15(17)16(10-14)18(13(4)5)11-12(2)3/h12-16H,6-11,17H2,1-5H3. The molecule has 1 aliphatic rings. The number of hydrogen-bond acceptors (Lipinski definition) is 2. The van der Waals surface area contributed by atoms with Crippen LogP contribution in [0, 0.1) is 11.8 Å². The minimum absolute atomic E-state index is 0.388. The van der Waals surface area contributed by atoms with Crippen LogP contribution in [0.2, 0.25) is 0 Å². The summed E-state index contributed by atoms with van der Waals surface area (Å²) >= 11 is 0. The minimum atomic E-state index is 0.388. The zero-order chi connectivity index (χ0) is 13.7. The van der Waals surface area contributed by atoms with Gasteiger partial charge < -0.3 is 5.73 Å². The Morgan fingerprint density at radius 3 is 2.33 bits per heavy atom. The molecule has 0 aromatic carbocycles. The van der Waals surface area contributed by atoms with Crippen molar-refractivity contribution in [3.8, 4) is 0 Å². The molecule has 108 valence electrons. The van der Waals surface area contributed by atoms with E-state index in [-0.39, 0.29) is 0 Å². The first-order valence-corrected chi connectivity index (χ1v) is 7.97. The average Bonchev–Trinajstić information content (AvgIpc) is 2.28. The van der Waals surface area contributed by atoms with E-state index in [1.165, 1.54) is 38.6 Å². The van der Waals surface area contributed by atoms with E-state index in [0.29, 0.717) is 18.1 Å². The lowest BCUT2D eigenvalue weighted by atomic mass is 9.79. The van der Waals surface area contributed by atoms with Gasteiger partial charge in [0.25, 0.3) is 0 Å². The van der Waals surface area contributed by atoms with Gasteiger partial charge in [-0.15, -0.1) is 0 Å². The summed E-state index contributed by atoms with van der Waals surface area (Å²) in [6.45, 7) is 12.8. The van der Waals surface area contributed by atoms with Crippen LogP contribution in [-0.2, 0) is 0 Å². The lowest BCUT2D eigenvalue weighted by Crippen LogP contribution is -2.54. The predicted molar refractivity (Wildman–Crippen MR) is 80.7 cm³/mol. The molecular weight excluding hydrogens is 220 g/mol. The fraction of sp³-hybridized carbons (Fsp3) is 1.00. The van der Waals surface area contributed by atoms with E-state index in [4.69, 9.17) is 5.73 Å². The molecule has 0 spiro atoms. The first-order chi connectivity index (χ1) is 8.45. The molecule has 3 unspecified atom stereocenters. The summed E-state index contributed by atoms with van der Waals surface area (Å²) in [7, 11) is 0. The summed E-state index contributed by atoms with van der Waals surface area (Å²) in [4.78, 5) is 2.66. The van der Waals surface area contributed by atoms with Gasteiger partial charge in [0.05, 0.1) is 0 Å². The Balaban J connectivity index is 2.67. The van der Waals surface area contributed by atoms with E-state index in [9.17, 15) is 0 Å². The van der Waals surface area contributed by atoms with Gasteiger partial charge in [0.2, 0.25) is 0 Å². The summed E-state index contributed by atoms with van der Waals surface area (Å²) in [6, 6.07) is 1.61. The summed E-state index contributed by atoms with van der Waals surface area (Å²) in [6.07, 6.45) is 6.59. The van der Waals surface area contributed by atoms with Gasteiger partial charge in [-0.25, -0.2) is 0 Å². The molecule has 1 saturated carbocycles. The van der Waals surface area contributed by atoms with Gasteiger partial charge in [0.15, 0.2) is 0 Å². The van der Waals surface area contributed by atoms with Crippen LogP contribution >= 0.6 is 0 Å². The molecule has 0 bridgehead atoms. The van der Waals surface area contributed by atoms with Gasteiger partial charge in [-0.2, -0.15) is 0 Å². The van der Waals surface area contributed by atoms with Crippen LogP contribution in [0.5, 0.6) is 0 Å². The number of nitrogens with zero attached hydrogens (tertiary/aromatic N) is 1. The summed E-state index contributed by atoms with van der Waals surface area (Å²) < 4.78 is 0. The van der Waals surface area contributed by atoms with Gasteiger partial charge in [-0.1, -0.05) is 33.6 Å². The van der Waals surface area contributed by atoms with E-state index >= 15 is 0 Å².